The molecule has 2 amide bonds. The van der Waals surface area contributed by atoms with Crippen molar-refractivity contribution in [2.75, 3.05) is 7.05 Å². The van der Waals surface area contributed by atoms with E-state index in [-0.39, 0.29) is 23.7 Å². The highest BCUT2D eigenvalue weighted by Gasteiger charge is 2.40. The molecule has 2 rings (SSSR count). The quantitative estimate of drug-likeness (QED) is 0.500. The molecule has 0 aromatic heterocycles. The topological polar surface area (TPSA) is 37.4 Å². The number of imide groups is 1. The minimum absolute atomic E-state index is 0.0379. The van der Waals surface area contributed by atoms with E-state index < -0.39 is 0 Å². The molecule has 1 aliphatic carbocycles. The fourth-order valence-electron chi connectivity index (χ4n) is 2.29. The minimum atomic E-state index is 0.0379. The van der Waals surface area contributed by atoms with Crippen LogP contribution in [0, 0.1) is 11.8 Å². The summed E-state index contributed by atoms with van der Waals surface area (Å²) in [7, 11) is 1.61. The molecule has 2 fully saturated rings. The van der Waals surface area contributed by atoms with Gasteiger partial charge in [0, 0.05) is 18.9 Å². The summed E-state index contributed by atoms with van der Waals surface area (Å²) < 4.78 is 0. The average Bonchev–Trinajstić information content (AvgIpc) is 2.13. The maximum Gasteiger partial charge on any atom is 0.232 e. The first-order chi connectivity index (χ1) is 5.70. The highest BCUT2D eigenvalue weighted by atomic mass is 16.2. The summed E-state index contributed by atoms with van der Waals surface area (Å²) >= 11 is 0. The number of hydrogen-bond donors (Lipinski definition) is 0. The average molecular weight is 167 g/mol. The van der Waals surface area contributed by atoms with E-state index in [1.54, 1.807) is 7.05 Å². The molecule has 1 saturated carbocycles. The Morgan fingerprint density at radius 3 is 2.17 bits per heavy atom. The van der Waals surface area contributed by atoms with E-state index >= 15 is 0 Å². The fourth-order valence-corrected chi connectivity index (χ4v) is 2.29. The summed E-state index contributed by atoms with van der Waals surface area (Å²) in [5.74, 6) is 0.366. The molecule has 2 unspecified atom stereocenters. The zero-order valence-electron chi connectivity index (χ0n) is 7.25. The molecule has 1 saturated heterocycles. The van der Waals surface area contributed by atoms with E-state index in [1.165, 1.54) is 4.90 Å². The van der Waals surface area contributed by atoms with Crippen LogP contribution in [0.3, 0.4) is 0 Å². The number of piperidine rings is 1. The smallest absolute Gasteiger partial charge is 0.232 e. The van der Waals surface area contributed by atoms with Gasteiger partial charge in [-0.3, -0.25) is 14.5 Å². The molecular weight excluding hydrogens is 154 g/mol. The van der Waals surface area contributed by atoms with Crippen molar-refractivity contribution in [2.45, 2.75) is 25.7 Å². The Kier molecular flexibility index (Phi) is 1.67. The number of carbonyl (C=O) groups excluding carboxylic acids is 2. The Bertz CT molecular complexity index is 215. The molecule has 12 heavy (non-hydrogen) atoms. The number of hydrogen-bond acceptors (Lipinski definition) is 2. The summed E-state index contributed by atoms with van der Waals surface area (Å²) in [6, 6.07) is 0. The summed E-state index contributed by atoms with van der Waals surface area (Å²) in [6.45, 7) is 0. The van der Waals surface area contributed by atoms with Crippen molar-refractivity contribution in [2.24, 2.45) is 11.8 Å². The maximum absolute atomic E-state index is 11.5. The van der Waals surface area contributed by atoms with Crippen LogP contribution in [-0.2, 0) is 9.59 Å². The largest absolute Gasteiger partial charge is 0.285 e. The van der Waals surface area contributed by atoms with Gasteiger partial charge in [0.05, 0.1) is 0 Å². The van der Waals surface area contributed by atoms with Crippen LogP contribution in [0.1, 0.15) is 25.7 Å². The molecule has 3 nitrogen and oxygen atoms in total. The van der Waals surface area contributed by atoms with Crippen molar-refractivity contribution < 1.29 is 9.59 Å². The van der Waals surface area contributed by atoms with Crippen LogP contribution in [0.2, 0.25) is 0 Å². The third-order valence-electron chi connectivity index (χ3n) is 3.03. The number of fused-ring (bicyclic) bond motifs is 2. The van der Waals surface area contributed by atoms with Gasteiger partial charge in [0.2, 0.25) is 11.8 Å². The lowest BCUT2D eigenvalue weighted by atomic mass is 9.77. The predicted molar refractivity (Wildman–Crippen MR) is 43.2 cm³/mol. The van der Waals surface area contributed by atoms with E-state index in [2.05, 4.69) is 0 Å². The Morgan fingerprint density at radius 2 is 1.67 bits per heavy atom. The molecular formula is C9H13NO2. The number of likely N-dealkylation sites (tertiary alicyclic amines) is 1. The molecule has 2 bridgehead atoms. The van der Waals surface area contributed by atoms with Gasteiger partial charge in [-0.25, -0.2) is 0 Å². The van der Waals surface area contributed by atoms with Gasteiger partial charge in [0.1, 0.15) is 0 Å². The zero-order chi connectivity index (χ0) is 8.72. The van der Waals surface area contributed by atoms with Crippen molar-refractivity contribution in [3.8, 4) is 0 Å². The zero-order valence-corrected chi connectivity index (χ0v) is 7.25. The van der Waals surface area contributed by atoms with Crippen molar-refractivity contribution in [1.29, 1.82) is 0 Å². The van der Waals surface area contributed by atoms with Crippen LogP contribution >= 0.6 is 0 Å². The van der Waals surface area contributed by atoms with Gasteiger partial charge in [-0.2, -0.15) is 0 Å². The first-order valence-electron chi connectivity index (χ1n) is 4.51. The Labute approximate surface area is 71.7 Å². The third kappa shape index (κ3) is 0.958. The second-order valence-corrected chi connectivity index (χ2v) is 3.80. The first kappa shape index (κ1) is 7.77. The van der Waals surface area contributed by atoms with Crippen LogP contribution in [0.5, 0.6) is 0 Å². The van der Waals surface area contributed by atoms with Crippen LogP contribution in [0.4, 0.5) is 0 Å². The summed E-state index contributed by atoms with van der Waals surface area (Å²) in [5, 5.41) is 0. The van der Waals surface area contributed by atoms with E-state index in [0.717, 1.165) is 25.7 Å². The van der Waals surface area contributed by atoms with E-state index in [4.69, 9.17) is 0 Å². The molecule has 3 heteroatoms. The molecule has 2 aliphatic rings. The minimum Gasteiger partial charge on any atom is -0.285 e. The Morgan fingerprint density at radius 1 is 1.17 bits per heavy atom. The van der Waals surface area contributed by atoms with Gasteiger partial charge in [-0.05, 0) is 19.3 Å². The second kappa shape index (κ2) is 2.57. The van der Waals surface area contributed by atoms with Gasteiger partial charge in [-0.1, -0.05) is 6.42 Å². The molecule has 2 atom stereocenters. The summed E-state index contributed by atoms with van der Waals surface area (Å²) in [6.07, 6.45) is 3.81. The van der Waals surface area contributed by atoms with Crippen LogP contribution in [0.15, 0.2) is 0 Å². The normalized spacial score (nSPS) is 35.6. The SMILES string of the molecule is CN1C(=O)C2CCCC(C2)C1=O. The molecule has 0 aromatic carbocycles. The number of rotatable bonds is 0. The van der Waals surface area contributed by atoms with Crippen LogP contribution < -0.4 is 0 Å². The molecule has 0 N–H and O–H groups in total. The van der Waals surface area contributed by atoms with Gasteiger partial charge in [-0.15, -0.1) is 0 Å². The number of amides is 2. The molecule has 0 radical (unpaired) electrons. The standard InChI is InChI=1S/C9H13NO2/c1-10-8(11)6-3-2-4-7(5-6)9(10)12/h6-7H,2-5H2,1H3. The summed E-state index contributed by atoms with van der Waals surface area (Å²) in [4.78, 5) is 24.2. The predicted octanol–water partition coefficient (Wildman–Crippen LogP) is 0.791. The van der Waals surface area contributed by atoms with E-state index in [9.17, 15) is 9.59 Å². The summed E-state index contributed by atoms with van der Waals surface area (Å²) in [5.41, 5.74) is 0. The monoisotopic (exact) mass is 167 g/mol. The highest BCUT2D eigenvalue weighted by Crippen LogP contribution is 2.35. The van der Waals surface area contributed by atoms with Crippen molar-refractivity contribution in [3.05, 3.63) is 0 Å². The molecule has 0 spiro atoms. The van der Waals surface area contributed by atoms with Crippen molar-refractivity contribution in [3.63, 3.8) is 0 Å². The van der Waals surface area contributed by atoms with E-state index in [1.807, 2.05) is 0 Å². The molecule has 0 aromatic rings. The fraction of sp³-hybridized carbons (Fsp3) is 0.778. The molecule has 1 heterocycles. The van der Waals surface area contributed by atoms with Crippen LogP contribution in [-0.4, -0.2) is 23.8 Å². The van der Waals surface area contributed by atoms with Gasteiger partial charge >= 0.3 is 0 Å². The van der Waals surface area contributed by atoms with E-state index in [0.29, 0.717) is 0 Å². The number of carbonyl (C=O) groups is 2. The maximum atomic E-state index is 11.5. The lowest BCUT2D eigenvalue weighted by Gasteiger charge is -2.37. The Balaban J connectivity index is 2.24. The second-order valence-electron chi connectivity index (χ2n) is 3.80. The lowest BCUT2D eigenvalue weighted by Crippen LogP contribution is -2.49. The Hall–Kier alpha value is -0.860. The van der Waals surface area contributed by atoms with Crippen molar-refractivity contribution in [1.82, 2.24) is 4.90 Å². The first-order valence-corrected chi connectivity index (χ1v) is 4.51. The number of nitrogens with zero attached hydrogens (tertiary/aromatic N) is 1. The van der Waals surface area contributed by atoms with Gasteiger partial charge in [0.25, 0.3) is 0 Å². The van der Waals surface area contributed by atoms with Crippen molar-refractivity contribution >= 4 is 11.8 Å². The van der Waals surface area contributed by atoms with Crippen LogP contribution in [0.25, 0.3) is 0 Å². The highest BCUT2D eigenvalue weighted by molar-refractivity contribution is 5.99. The lowest BCUT2D eigenvalue weighted by molar-refractivity contribution is -0.156. The van der Waals surface area contributed by atoms with Gasteiger partial charge < -0.3 is 0 Å². The molecule has 1 aliphatic heterocycles. The van der Waals surface area contributed by atoms with Gasteiger partial charge in [0.15, 0.2) is 0 Å². The molecule has 66 valence electrons. The third-order valence-corrected chi connectivity index (χ3v) is 3.03.